The zero-order chi connectivity index (χ0) is 24.8. The van der Waals surface area contributed by atoms with Gasteiger partial charge in [0.25, 0.3) is 5.91 Å². The number of halogens is 1. The highest BCUT2D eigenvalue weighted by atomic mass is 35.5. The third-order valence-corrected chi connectivity index (χ3v) is 8.10. The lowest BCUT2D eigenvalue weighted by Crippen LogP contribution is -2.43. The minimum Gasteiger partial charge on any atom is -0.379 e. The SMILES string of the molecule is CCCS(=O)(=O)c1ccc(-c2cc(C(=O)NCC(c3ccc(Cl)cc3)N3CCOCC3)no2)cc1. The predicted molar refractivity (Wildman–Crippen MR) is 133 cm³/mol. The third kappa shape index (κ3) is 6.29. The van der Waals surface area contributed by atoms with E-state index in [1.54, 1.807) is 30.3 Å². The van der Waals surface area contributed by atoms with Crippen molar-refractivity contribution in [2.75, 3.05) is 38.6 Å². The van der Waals surface area contributed by atoms with Crippen molar-refractivity contribution in [3.05, 3.63) is 70.9 Å². The van der Waals surface area contributed by atoms with Gasteiger partial charge in [0.2, 0.25) is 0 Å². The van der Waals surface area contributed by atoms with Crippen LogP contribution in [0.25, 0.3) is 11.3 Å². The Hall–Kier alpha value is -2.72. The van der Waals surface area contributed by atoms with Crippen molar-refractivity contribution in [2.45, 2.75) is 24.3 Å². The van der Waals surface area contributed by atoms with Crippen molar-refractivity contribution in [1.29, 1.82) is 0 Å². The first-order chi connectivity index (χ1) is 16.9. The first-order valence-corrected chi connectivity index (χ1v) is 13.6. The Kier molecular flexibility index (Phi) is 8.22. The largest absolute Gasteiger partial charge is 0.379 e. The van der Waals surface area contributed by atoms with Gasteiger partial charge in [0, 0.05) is 36.3 Å². The van der Waals surface area contributed by atoms with Gasteiger partial charge in [-0.05, 0) is 48.4 Å². The molecule has 0 bridgehead atoms. The molecule has 0 aliphatic carbocycles. The van der Waals surface area contributed by atoms with E-state index in [-0.39, 0.29) is 28.3 Å². The lowest BCUT2D eigenvalue weighted by Gasteiger charge is -2.34. The fourth-order valence-electron chi connectivity index (χ4n) is 4.04. The van der Waals surface area contributed by atoms with Crippen LogP contribution >= 0.6 is 11.6 Å². The zero-order valence-electron chi connectivity index (χ0n) is 19.4. The van der Waals surface area contributed by atoms with Crippen molar-refractivity contribution >= 4 is 27.3 Å². The Morgan fingerprint density at radius 2 is 1.80 bits per heavy atom. The first kappa shape index (κ1) is 25.4. The van der Waals surface area contributed by atoms with Gasteiger partial charge >= 0.3 is 0 Å². The number of carbonyl (C=O) groups is 1. The van der Waals surface area contributed by atoms with Crippen molar-refractivity contribution in [3.63, 3.8) is 0 Å². The molecule has 1 aliphatic heterocycles. The minimum atomic E-state index is -3.30. The molecule has 4 rings (SSSR count). The Morgan fingerprint density at radius 3 is 2.46 bits per heavy atom. The molecule has 1 N–H and O–H groups in total. The monoisotopic (exact) mass is 517 g/mol. The molecule has 10 heteroatoms. The molecule has 0 radical (unpaired) electrons. The molecule has 2 aromatic carbocycles. The van der Waals surface area contributed by atoms with E-state index < -0.39 is 9.84 Å². The second kappa shape index (κ2) is 11.3. The van der Waals surface area contributed by atoms with E-state index >= 15 is 0 Å². The summed E-state index contributed by atoms with van der Waals surface area (Å²) in [6, 6.07) is 15.5. The highest BCUT2D eigenvalue weighted by Crippen LogP contribution is 2.25. The number of sulfone groups is 1. The summed E-state index contributed by atoms with van der Waals surface area (Å²) in [5, 5.41) is 7.53. The molecule has 0 spiro atoms. The average molecular weight is 518 g/mol. The molecule has 1 aromatic heterocycles. The standard InChI is InChI=1S/C25H28ClN3O5S/c1-2-15-35(31,32)21-9-5-19(6-10-21)24-16-22(28-34-24)25(30)27-17-23(29-11-13-33-14-12-29)18-3-7-20(26)8-4-18/h3-10,16,23H,2,11-15,17H2,1H3,(H,27,30). The predicted octanol–water partition coefficient (Wildman–Crippen LogP) is 3.98. The number of nitrogens with zero attached hydrogens (tertiary/aromatic N) is 2. The molecule has 1 aliphatic rings. The fraction of sp³-hybridized carbons (Fsp3) is 0.360. The molecule has 1 atom stereocenters. The second-order valence-electron chi connectivity index (χ2n) is 8.35. The van der Waals surface area contributed by atoms with Crippen LogP contribution in [0.4, 0.5) is 0 Å². The van der Waals surface area contributed by atoms with Crippen LogP contribution in [0.2, 0.25) is 5.02 Å². The Morgan fingerprint density at radius 1 is 1.11 bits per heavy atom. The first-order valence-electron chi connectivity index (χ1n) is 11.5. The molecule has 2 heterocycles. The Balaban J connectivity index is 1.44. The summed E-state index contributed by atoms with van der Waals surface area (Å²) in [5.74, 6) is 0.131. The highest BCUT2D eigenvalue weighted by Gasteiger charge is 2.24. The molecule has 1 saturated heterocycles. The van der Waals surface area contributed by atoms with E-state index in [0.29, 0.717) is 42.5 Å². The molecule has 3 aromatic rings. The van der Waals surface area contributed by atoms with Crippen molar-refractivity contribution in [3.8, 4) is 11.3 Å². The van der Waals surface area contributed by atoms with Gasteiger partial charge in [-0.1, -0.05) is 35.8 Å². The molecule has 35 heavy (non-hydrogen) atoms. The number of aromatic nitrogens is 1. The van der Waals surface area contributed by atoms with Gasteiger partial charge < -0.3 is 14.6 Å². The minimum absolute atomic E-state index is 0.0379. The summed E-state index contributed by atoms with van der Waals surface area (Å²) < 4.78 is 35.3. The molecule has 1 amide bonds. The summed E-state index contributed by atoms with van der Waals surface area (Å²) in [5.41, 5.74) is 1.84. The van der Waals surface area contributed by atoms with Gasteiger partial charge in [0.1, 0.15) is 0 Å². The van der Waals surface area contributed by atoms with E-state index in [9.17, 15) is 13.2 Å². The van der Waals surface area contributed by atoms with Gasteiger partial charge in [0.15, 0.2) is 21.3 Å². The van der Waals surface area contributed by atoms with Gasteiger partial charge in [-0.25, -0.2) is 8.42 Å². The molecule has 1 unspecified atom stereocenters. The van der Waals surface area contributed by atoms with E-state index in [4.69, 9.17) is 20.9 Å². The van der Waals surface area contributed by atoms with Crippen LogP contribution in [0.1, 0.15) is 35.4 Å². The summed E-state index contributed by atoms with van der Waals surface area (Å²) in [6.45, 7) is 5.02. The maximum Gasteiger partial charge on any atom is 0.273 e. The summed E-state index contributed by atoms with van der Waals surface area (Å²) >= 11 is 6.06. The number of hydrogen-bond donors (Lipinski definition) is 1. The van der Waals surface area contributed by atoms with Gasteiger partial charge in [-0.2, -0.15) is 0 Å². The lowest BCUT2D eigenvalue weighted by molar-refractivity contribution is 0.0162. The maximum absolute atomic E-state index is 12.8. The number of hydrogen-bond acceptors (Lipinski definition) is 7. The number of carbonyl (C=O) groups excluding carboxylic acids is 1. The topological polar surface area (TPSA) is 102 Å². The highest BCUT2D eigenvalue weighted by molar-refractivity contribution is 7.91. The van der Waals surface area contributed by atoms with Crippen LogP contribution in [0.15, 0.2) is 64.0 Å². The summed E-state index contributed by atoms with van der Waals surface area (Å²) in [4.78, 5) is 15.4. The zero-order valence-corrected chi connectivity index (χ0v) is 21.0. The van der Waals surface area contributed by atoms with Crippen LogP contribution in [0.3, 0.4) is 0 Å². The number of amides is 1. The van der Waals surface area contributed by atoms with E-state index in [1.807, 2.05) is 31.2 Å². The average Bonchev–Trinajstić information content (AvgIpc) is 3.36. The second-order valence-corrected chi connectivity index (χ2v) is 10.9. The van der Waals surface area contributed by atoms with Crippen LogP contribution in [-0.4, -0.2) is 63.0 Å². The van der Waals surface area contributed by atoms with E-state index in [0.717, 1.165) is 18.7 Å². The number of ether oxygens (including phenoxy) is 1. The molecule has 1 fully saturated rings. The smallest absolute Gasteiger partial charge is 0.273 e. The molecular weight excluding hydrogens is 490 g/mol. The van der Waals surface area contributed by atoms with Crippen LogP contribution in [-0.2, 0) is 14.6 Å². The Labute approximate surface area is 210 Å². The van der Waals surface area contributed by atoms with E-state index in [2.05, 4.69) is 15.4 Å². The normalized spacial score (nSPS) is 15.6. The summed E-state index contributed by atoms with van der Waals surface area (Å²) in [6.07, 6.45) is 0.551. The third-order valence-electron chi connectivity index (χ3n) is 5.91. The van der Waals surface area contributed by atoms with Crippen LogP contribution < -0.4 is 5.32 Å². The molecule has 8 nitrogen and oxygen atoms in total. The van der Waals surface area contributed by atoms with Crippen molar-refractivity contribution in [1.82, 2.24) is 15.4 Å². The van der Waals surface area contributed by atoms with Gasteiger partial charge in [-0.3, -0.25) is 9.69 Å². The van der Waals surface area contributed by atoms with Crippen LogP contribution in [0, 0.1) is 0 Å². The number of benzene rings is 2. The van der Waals surface area contributed by atoms with Gasteiger partial charge in [-0.15, -0.1) is 0 Å². The number of nitrogens with one attached hydrogen (secondary N) is 1. The summed E-state index contributed by atoms with van der Waals surface area (Å²) in [7, 11) is -3.30. The maximum atomic E-state index is 12.8. The number of morpholine rings is 1. The van der Waals surface area contributed by atoms with Crippen molar-refractivity contribution in [2.24, 2.45) is 0 Å². The molecule has 186 valence electrons. The number of rotatable bonds is 9. The van der Waals surface area contributed by atoms with E-state index in [1.165, 1.54) is 0 Å². The molecule has 0 saturated carbocycles. The van der Waals surface area contributed by atoms with Crippen molar-refractivity contribution < 1.29 is 22.5 Å². The quantitative estimate of drug-likeness (QED) is 0.458. The Bertz CT molecular complexity index is 1240. The molecular formula is C25H28ClN3O5S. The fourth-order valence-corrected chi connectivity index (χ4v) is 5.49. The van der Waals surface area contributed by atoms with Crippen LogP contribution in [0.5, 0.6) is 0 Å². The lowest BCUT2D eigenvalue weighted by atomic mass is 10.0. The van der Waals surface area contributed by atoms with Gasteiger partial charge in [0.05, 0.1) is 29.9 Å².